The highest BCUT2D eigenvalue weighted by Crippen LogP contribution is 2.33. The molecule has 1 aliphatic rings. The Morgan fingerprint density at radius 1 is 1.23 bits per heavy atom. The van der Waals surface area contributed by atoms with Crippen molar-refractivity contribution in [3.05, 3.63) is 59.2 Å². The third-order valence-corrected chi connectivity index (χ3v) is 6.16. The third kappa shape index (κ3) is 3.81. The molecule has 0 aliphatic carbocycles. The molecule has 2 aromatic rings. The summed E-state index contributed by atoms with van der Waals surface area (Å²) in [6.45, 7) is 5.86. The number of nitrogens with one attached hydrogen (secondary N) is 1. The van der Waals surface area contributed by atoms with E-state index in [0.29, 0.717) is 19.4 Å². The Morgan fingerprint density at radius 3 is 2.69 bits per heavy atom. The lowest BCUT2D eigenvalue weighted by molar-refractivity contribution is -0.116. The topological polar surface area (TPSA) is 66.5 Å². The lowest BCUT2D eigenvalue weighted by Gasteiger charge is -2.20. The van der Waals surface area contributed by atoms with Gasteiger partial charge in [-0.15, -0.1) is 0 Å². The Labute approximate surface area is 155 Å². The number of anilines is 1. The molecule has 0 saturated heterocycles. The van der Waals surface area contributed by atoms with Crippen LogP contribution in [0, 0.1) is 6.92 Å². The molecule has 0 spiro atoms. The average molecular weight is 372 g/mol. The highest BCUT2D eigenvalue weighted by Gasteiger charge is 2.30. The van der Waals surface area contributed by atoms with Gasteiger partial charge in [0.15, 0.2) is 0 Å². The molecule has 138 valence electrons. The SMILES string of the molecule is CC(=O)N1c2ccc(S(=O)(=O)NCCc3cccc(C)c3)cc2C[C@@H]1C. The van der Waals surface area contributed by atoms with Gasteiger partial charge in [-0.2, -0.15) is 0 Å². The van der Waals surface area contributed by atoms with Gasteiger partial charge in [0.1, 0.15) is 0 Å². The summed E-state index contributed by atoms with van der Waals surface area (Å²) in [6.07, 6.45) is 1.31. The van der Waals surface area contributed by atoms with Crippen molar-refractivity contribution in [1.29, 1.82) is 0 Å². The van der Waals surface area contributed by atoms with Gasteiger partial charge >= 0.3 is 0 Å². The molecule has 1 heterocycles. The number of fused-ring (bicyclic) bond motifs is 1. The number of benzene rings is 2. The van der Waals surface area contributed by atoms with Crippen molar-refractivity contribution in [1.82, 2.24) is 4.72 Å². The lowest BCUT2D eigenvalue weighted by Crippen LogP contribution is -2.33. The van der Waals surface area contributed by atoms with Crippen molar-refractivity contribution < 1.29 is 13.2 Å². The maximum Gasteiger partial charge on any atom is 0.240 e. The summed E-state index contributed by atoms with van der Waals surface area (Å²) in [6, 6.07) is 13.1. The molecule has 1 N–H and O–H groups in total. The number of carbonyl (C=O) groups excluding carboxylic acids is 1. The zero-order valence-corrected chi connectivity index (χ0v) is 16.1. The van der Waals surface area contributed by atoms with Crippen molar-refractivity contribution >= 4 is 21.6 Å². The minimum absolute atomic E-state index is 0.0249. The molecule has 6 heteroatoms. The molecule has 0 saturated carbocycles. The minimum Gasteiger partial charge on any atom is -0.309 e. The van der Waals surface area contributed by atoms with Crippen molar-refractivity contribution in [2.75, 3.05) is 11.4 Å². The van der Waals surface area contributed by atoms with Crippen LogP contribution in [-0.4, -0.2) is 26.9 Å². The standard InChI is InChI=1S/C20H24N2O3S/c1-14-5-4-6-17(11-14)9-10-21-26(24,25)19-7-8-20-18(13-19)12-15(2)22(20)16(3)23/h4-8,11,13,15,21H,9-10,12H2,1-3H3/t15-/m0/s1. The predicted octanol–water partition coefficient (Wildman–Crippen LogP) is 2.81. The third-order valence-electron chi connectivity index (χ3n) is 4.70. The van der Waals surface area contributed by atoms with Gasteiger partial charge < -0.3 is 4.90 Å². The number of rotatable bonds is 5. The van der Waals surface area contributed by atoms with Crippen LogP contribution < -0.4 is 9.62 Å². The number of aryl methyl sites for hydroxylation is 1. The highest BCUT2D eigenvalue weighted by molar-refractivity contribution is 7.89. The summed E-state index contributed by atoms with van der Waals surface area (Å²) >= 11 is 0. The first-order valence-corrected chi connectivity index (χ1v) is 10.2. The van der Waals surface area contributed by atoms with Gasteiger partial charge in [-0.1, -0.05) is 29.8 Å². The number of sulfonamides is 1. The quantitative estimate of drug-likeness (QED) is 0.878. The van der Waals surface area contributed by atoms with Crippen molar-refractivity contribution in [2.45, 2.75) is 44.6 Å². The van der Waals surface area contributed by atoms with Gasteiger partial charge in [-0.25, -0.2) is 13.1 Å². The highest BCUT2D eigenvalue weighted by atomic mass is 32.2. The van der Waals surface area contributed by atoms with Crippen molar-refractivity contribution in [3.63, 3.8) is 0 Å². The molecule has 0 radical (unpaired) electrons. The first-order chi connectivity index (χ1) is 12.3. The van der Waals surface area contributed by atoms with E-state index in [4.69, 9.17) is 0 Å². The second-order valence-corrected chi connectivity index (χ2v) is 8.64. The fraction of sp³-hybridized carbons (Fsp3) is 0.350. The molecule has 2 aromatic carbocycles. The Bertz CT molecular complexity index is 938. The molecule has 0 bridgehead atoms. The molecule has 1 aliphatic heterocycles. The van der Waals surface area contributed by atoms with E-state index in [0.717, 1.165) is 22.4 Å². The van der Waals surface area contributed by atoms with Crippen LogP contribution in [0.15, 0.2) is 47.4 Å². The molecular weight excluding hydrogens is 348 g/mol. The molecular formula is C20H24N2O3S. The van der Waals surface area contributed by atoms with Gasteiger partial charge in [0.05, 0.1) is 4.90 Å². The van der Waals surface area contributed by atoms with Crippen LogP contribution in [0.4, 0.5) is 5.69 Å². The largest absolute Gasteiger partial charge is 0.309 e. The smallest absolute Gasteiger partial charge is 0.240 e. The summed E-state index contributed by atoms with van der Waals surface area (Å²) in [7, 11) is -3.57. The molecule has 5 nitrogen and oxygen atoms in total. The van der Waals surface area contributed by atoms with Crippen LogP contribution in [0.1, 0.15) is 30.5 Å². The summed E-state index contributed by atoms with van der Waals surface area (Å²) in [5, 5.41) is 0. The van der Waals surface area contributed by atoms with Gasteiger partial charge in [0, 0.05) is 25.2 Å². The number of hydrogen-bond donors (Lipinski definition) is 1. The molecule has 0 aromatic heterocycles. The number of carbonyl (C=O) groups is 1. The molecule has 26 heavy (non-hydrogen) atoms. The van der Waals surface area contributed by atoms with E-state index in [9.17, 15) is 13.2 Å². The van der Waals surface area contributed by atoms with Crippen LogP contribution in [0.2, 0.25) is 0 Å². The normalized spacial score (nSPS) is 16.6. The van der Waals surface area contributed by atoms with E-state index in [1.165, 1.54) is 6.92 Å². The fourth-order valence-corrected chi connectivity index (χ4v) is 4.62. The minimum atomic E-state index is -3.57. The van der Waals surface area contributed by atoms with E-state index >= 15 is 0 Å². The van der Waals surface area contributed by atoms with Crippen molar-refractivity contribution in [3.8, 4) is 0 Å². The Kier molecular flexibility index (Phi) is 5.16. The lowest BCUT2D eigenvalue weighted by atomic mass is 10.1. The molecule has 1 amide bonds. The monoisotopic (exact) mass is 372 g/mol. The Hall–Kier alpha value is -2.18. The van der Waals surface area contributed by atoms with Crippen LogP contribution in [-0.2, 0) is 27.7 Å². The summed E-state index contributed by atoms with van der Waals surface area (Å²) < 4.78 is 27.9. The zero-order chi connectivity index (χ0) is 18.9. The first-order valence-electron chi connectivity index (χ1n) is 8.76. The fourth-order valence-electron chi connectivity index (χ4n) is 3.54. The summed E-state index contributed by atoms with van der Waals surface area (Å²) in [4.78, 5) is 13.8. The van der Waals surface area contributed by atoms with Gasteiger partial charge in [-0.3, -0.25) is 4.79 Å². The maximum atomic E-state index is 12.6. The molecule has 0 unspecified atom stereocenters. The van der Waals surface area contributed by atoms with Crippen LogP contribution >= 0.6 is 0 Å². The first kappa shape index (κ1) is 18.6. The summed E-state index contributed by atoms with van der Waals surface area (Å²) in [5.74, 6) is -0.0249. The van der Waals surface area contributed by atoms with Crippen LogP contribution in [0.5, 0.6) is 0 Å². The molecule has 3 rings (SSSR count). The second kappa shape index (κ2) is 7.21. The second-order valence-electron chi connectivity index (χ2n) is 6.87. The zero-order valence-electron chi connectivity index (χ0n) is 15.3. The van der Waals surface area contributed by atoms with E-state index in [1.807, 2.05) is 32.0 Å². The van der Waals surface area contributed by atoms with E-state index in [2.05, 4.69) is 10.8 Å². The Morgan fingerprint density at radius 2 is 2.00 bits per heavy atom. The van der Waals surface area contributed by atoms with Crippen molar-refractivity contribution in [2.24, 2.45) is 0 Å². The molecule has 0 fully saturated rings. The number of hydrogen-bond acceptors (Lipinski definition) is 3. The van der Waals surface area contributed by atoms with Gasteiger partial charge in [0.2, 0.25) is 15.9 Å². The Balaban J connectivity index is 1.72. The maximum absolute atomic E-state index is 12.6. The number of amides is 1. The van der Waals surface area contributed by atoms with E-state index in [-0.39, 0.29) is 16.8 Å². The molecule has 1 atom stereocenters. The van der Waals surface area contributed by atoms with Gasteiger partial charge in [0.25, 0.3) is 0 Å². The number of nitrogens with zero attached hydrogens (tertiary/aromatic N) is 1. The van der Waals surface area contributed by atoms with Gasteiger partial charge in [-0.05, 0) is 56.0 Å². The average Bonchev–Trinajstić information content (AvgIpc) is 2.89. The summed E-state index contributed by atoms with van der Waals surface area (Å²) in [5.41, 5.74) is 3.97. The van der Waals surface area contributed by atoms with Crippen LogP contribution in [0.25, 0.3) is 0 Å². The predicted molar refractivity (Wildman–Crippen MR) is 103 cm³/mol. The van der Waals surface area contributed by atoms with Crippen LogP contribution in [0.3, 0.4) is 0 Å². The van der Waals surface area contributed by atoms with E-state index in [1.54, 1.807) is 23.1 Å². The van der Waals surface area contributed by atoms with E-state index < -0.39 is 10.0 Å².